The third-order valence-corrected chi connectivity index (χ3v) is 2.87. The number of hydrogen-bond donors (Lipinski definition) is 2. The number of carbonyl (C=O) groups excluding carboxylic acids is 1. The number of amides is 1. The molecule has 19 heavy (non-hydrogen) atoms. The van der Waals surface area contributed by atoms with Gasteiger partial charge < -0.3 is 15.4 Å². The van der Waals surface area contributed by atoms with Crippen LogP contribution in [0.1, 0.15) is 67.2 Å². The number of ether oxygens (including phenoxy) is 1. The lowest BCUT2D eigenvalue weighted by Gasteiger charge is -2.23. The largest absolute Gasteiger partial charge is 0.444 e. The van der Waals surface area contributed by atoms with Crippen molar-refractivity contribution < 1.29 is 9.53 Å². The second kappa shape index (κ2) is 9.18. The van der Waals surface area contributed by atoms with Gasteiger partial charge in [-0.15, -0.1) is 0 Å². The van der Waals surface area contributed by atoms with Crippen LogP contribution in [0.5, 0.6) is 0 Å². The van der Waals surface area contributed by atoms with E-state index >= 15 is 0 Å². The van der Waals surface area contributed by atoms with Crippen molar-refractivity contribution in [3.63, 3.8) is 0 Å². The lowest BCUT2D eigenvalue weighted by atomic mass is 10.1. The topological polar surface area (TPSA) is 50.4 Å². The van der Waals surface area contributed by atoms with Gasteiger partial charge in [-0.3, -0.25) is 0 Å². The van der Waals surface area contributed by atoms with Crippen LogP contribution in [0.3, 0.4) is 0 Å². The normalized spacial score (nSPS) is 14.8. The zero-order valence-electron chi connectivity index (χ0n) is 13.5. The van der Waals surface area contributed by atoms with E-state index in [2.05, 4.69) is 24.5 Å². The summed E-state index contributed by atoms with van der Waals surface area (Å²) in [5.74, 6) is 0. The Morgan fingerprint density at radius 2 is 1.89 bits per heavy atom. The fourth-order valence-corrected chi connectivity index (χ4v) is 1.80. The van der Waals surface area contributed by atoms with E-state index < -0.39 is 5.60 Å². The molecule has 2 unspecified atom stereocenters. The van der Waals surface area contributed by atoms with Gasteiger partial charge in [0.05, 0.1) is 0 Å². The molecule has 0 aliphatic carbocycles. The maximum atomic E-state index is 11.6. The molecule has 114 valence electrons. The molecule has 0 saturated carbocycles. The van der Waals surface area contributed by atoms with Crippen LogP contribution >= 0.6 is 0 Å². The molecule has 0 rings (SSSR count). The predicted molar refractivity (Wildman–Crippen MR) is 80.4 cm³/mol. The standard InChI is InChI=1S/C15H32N2O2/c1-7-9-10-13(8-2)16-11-12(3)17-14(18)19-15(4,5)6/h12-13,16H,7-11H2,1-6H3,(H,17,18). The molecule has 0 aromatic carbocycles. The second-order valence-corrected chi connectivity index (χ2v) is 6.20. The van der Waals surface area contributed by atoms with E-state index in [1.807, 2.05) is 27.7 Å². The van der Waals surface area contributed by atoms with Gasteiger partial charge in [0.15, 0.2) is 0 Å². The molecule has 4 nitrogen and oxygen atoms in total. The van der Waals surface area contributed by atoms with Gasteiger partial charge in [0.25, 0.3) is 0 Å². The molecule has 0 spiro atoms. The van der Waals surface area contributed by atoms with Gasteiger partial charge in [0, 0.05) is 18.6 Å². The minimum Gasteiger partial charge on any atom is -0.444 e. The summed E-state index contributed by atoms with van der Waals surface area (Å²) in [5, 5.41) is 6.35. The average molecular weight is 272 g/mol. The summed E-state index contributed by atoms with van der Waals surface area (Å²) in [6.07, 6.45) is 4.46. The fourth-order valence-electron chi connectivity index (χ4n) is 1.80. The minimum absolute atomic E-state index is 0.0746. The van der Waals surface area contributed by atoms with Crippen LogP contribution < -0.4 is 10.6 Å². The molecule has 0 fully saturated rings. The van der Waals surface area contributed by atoms with Gasteiger partial charge in [-0.05, 0) is 40.5 Å². The van der Waals surface area contributed by atoms with Gasteiger partial charge in [0.1, 0.15) is 5.60 Å². The number of carbonyl (C=O) groups is 1. The SMILES string of the molecule is CCCCC(CC)NCC(C)NC(=O)OC(C)(C)C. The maximum Gasteiger partial charge on any atom is 0.407 e. The van der Waals surface area contributed by atoms with Crippen LogP contribution in [-0.4, -0.2) is 30.3 Å². The first-order valence-corrected chi connectivity index (χ1v) is 7.51. The Morgan fingerprint density at radius 1 is 1.26 bits per heavy atom. The van der Waals surface area contributed by atoms with E-state index in [9.17, 15) is 4.79 Å². The number of hydrogen-bond acceptors (Lipinski definition) is 3. The zero-order valence-corrected chi connectivity index (χ0v) is 13.5. The summed E-state index contributed by atoms with van der Waals surface area (Å²) >= 11 is 0. The van der Waals surface area contributed by atoms with Crippen LogP contribution in [0.4, 0.5) is 4.79 Å². The molecule has 0 radical (unpaired) electrons. The average Bonchev–Trinajstić information content (AvgIpc) is 2.26. The Kier molecular flexibility index (Phi) is 8.81. The summed E-state index contributed by atoms with van der Waals surface area (Å²) in [6, 6.07) is 0.619. The summed E-state index contributed by atoms with van der Waals surface area (Å²) in [5.41, 5.74) is -0.440. The fraction of sp³-hybridized carbons (Fsp3) is 0.933. The maximum absolute atomic E-state index is 11.6. The van der Waals surface area contributed by atoms with Crippen molar-refractivity contribution in [1.29, 1.82) is 0 Å². The number of nitrogens with one attached hydrogen (secondary N) is 2. The summed E-state index contributed by atoms with van der Waals surface area (Å²) in [7, 11) is 0. The van der Waals surface area contributed by atoms with E-state index in [4.69, 9.17) is 4.74 Å². The zero-order chi connectivity index (χ0) is 14.9. The molecule has 0 bridgehead atoms. The Bertz CT molecular complexity index is 249. The molecule has 0 aromatic heterocycles. The Hall–Kier alpha value is -0.770. The van der Waals surface area contributed by atoms with E-state index in [-0.39, 0.29) is 12.1 Å². The van der Waals surface area contributed by atoms with Crippen molar-refractivity contribution >= 4 is 6.09 Å². The first kappa shape index (κ1) is 18.2. The highest BCUT2D eigenvalue weighted by molar-refractivity contribution is 5.68. The molecule has 0 aliphatic rings. The van der Waals surface area contributed by atoms with Crippen molar-refractivity contribution in [1.82, 2.24) is 10.6 Å². The molecule has 0 heterocycles. The molecule has 4 heteroatoms. The predicted octanol–water partition coefficient (Wildman–Crippen LogP) is 3.46. The van der Waals surface area contributed by atoms with E-state index in [0.29, 0.717) is 6.04 Å². The Balaban J connectivity index is 3.90. The van der Waals surface area contributed by atoms with Crippen LogP contribution in [-0.2, 0) is 4.74 Å². The van der Waals surface area contributed by atoms with Crippen molar-refractivity contribution in [3.05, 3.63) is 0 Å². The summed E-state index contributed by atoms with van der Waals surface area (Å²) < 4.78 is 5.23. The van der Waals surface area contributed by atoms with Crippen LogP contribution in [0.2, 0.25) is 0 Å². The molecule has 0 aromatic rings. The summed E-state index contributed by atoms with van der Waals surface area (Å²) in [6.45, 7) is 12.8. The Morgan fingerprint density at radius 3 is 2.37 bits per heavy atom. The molecule has 2 atom stereocenters. The van der Waals surface area contributed by atoms with E-state index in [1.54, 1.807) is 0 Å². The molecular formula is C15H32N2O2. The highest BCUT2D eigenvalue weighted by Crippen LogP contribution is 2.07. The smallest absolute Gasteiger partial charge is 0.407 e. The number of rotatable bonds is 8. The van der Waals surface area contributed by atoms with Crippen molar-refractivity contribution in [2.24, 2.45) is 0 Å². The quantitative estimate of drug-likeness (QED) is 0.711. The van der Waals surface area contributed by atoms with Gasteiger partial charge in [-0.25, -0.2) is 4.79 Å². The van der Waals surface area contributed by atoms with Crippen LogP contribution in [0, 0.1) is 0 Å². The van der Waals surface area contributed by atoms with Crippen molar-refractivity contribution in [3.8, 4) is 0 Å². The molecule has 1 amide bonds. The lowest BCUT2D eigenvalue weighted by molar-refractivity contribution is 0.0507. The number of alkyl carbamates (subject to hydrolysis) is 1. The molecule has 0 aliphatic heterocycles. The van der Waals surface area contributed by atoms with Crippen molar-refractivity contribution in [2.45, 2.75) is 84.9 Å². The highest BCUT2D eigenvalue weighted by atomic mass is 16.6. The van der Waals surface area contributed by atoms with Crippen molar-refractivity contribution in [2.75, 3.05) is 6.54 Å². The third-order valence-electron chi connectivity index (χ3n) is 2.87. The van der Waals surface area contributed by atoms with E-state index in [0.717, 1.165) is 13.0 Å². The molecular weight excluding hydrogens is 240 g/mol. The molecule has 0 saturated heterocycles. The third kappa shape index (κ3) is 10.8. The monoisotopic (exact) mass is 272 g/mol. The summed E-state index contributed by atoms with van der Waals surface area (Å²) in [4.78, 5) is 11.6. The van der Waals surface area contributed by atoms with Gasteiger partial charge >= 0.3 is 6.09 Å². The Labute approximate surface area is 118 Å². The second-order valence-electron chi connectivity index (χ2n) is 6.20. The van der Waals surface area contributed by atoms with Gasteiger partial charge in [-0.2, -0.15) is 0 Å². The van der Waals surface area contributed by atoms with Gasteiger partial charge in [0.2, 0.25) is 0 Å². The van der Waals surface area contributed by atoms with Gasteiger partial charge in [-0.1, -0.05) is 26.7 Å². The first-order chi connectivity index (χ1) is 8.78. The lowest BCUT2D eigenvalue weighted by Crippen LogP contribution is -2.44. The first-order valence-electron chi connectivity index (χ1n) is 7.51. The molecule has 2 N–H and O–H groups in total. The minimum atomic E-state index is -0.440. The highest BCUT2D eigenvalue weighted by Gasteiger charge is 2.17. The van der Waals surface area contributed by atoms with E-state index in [1.165, 1.54) is 19.3 Å². The van der Waals surface area contributed by atoms with Crippen LogP contribution in [0.15, 0.2) is 0 Å². The number of unbranched alkanes of at least 4 members (excludes halogenated alkanes) is 1. The van der Waals surface area contributed by atoms with Crippen LogP contribution in [0.25, 0.3) is 0 Å².